The second kappa shape index (κ2) is 8.49. The average molecular weight is 370 g/mol. The van der Waals surface area contributed by atoms with Crippen molar-refractivity contribution in [2.75, 3.05) is 7.11 Å². The van der Waals surface area contributed by atoms with Gasteiger partial charge in [0.25, 0.3) is 11.8 Å². The van der Waals surface area contributed by atoms with Crippen molar-refractivity contribution in [1.82, 2.24) is 10.9 Å². The van der Waals surface area contributed by atoms with Crippen LogP contribution in [0.4, 0.5) is 4.39 Å². The first-order valence-corrected chi connectivity index (χ1v) is 8.43. The molecule has 0 aliphatic carbocycles. The van der Waals surface area contributed by atoms with Gasteiger partial charge in [0.05, 0.1) is 7.11 Å². The van der Waals surface area contributed by atoms with Crippen LogP contribution in [0.3, 0.4) is 0 Å². The predicted molar refractivity (Wildman–Crippen MR) is 103 cm³/mol. The maximum Gasteiger partial charge on any atom is 0.269 e. The van der Waals surface area contributed by atoms with Crippen LogP contribution in [0.5, 0.6) is 5.75 Å². The zero-order valence-corrected chi connectivity index (χ0v) is 15.8. The highest BCUT2D eigenvalue weighted by Crippen LogP contribution is 2.22. The van der Waals surface area contributed by atoms with Gasteiger partial charge in [-0.25, -0.2) is 4.39 Å². The molecule has 0 saturated carbocycles. The number of carbonyl (C=O) groups excluding carboxylic acids is 2. The van der Waals surface area contributed by atoms with E-state index >= 15 is 0 Å². The Kier molecular flexibility index (Phi) is 6.34. The van der Waals surface area contributed by atoms with Crippen molar-refractivity contribution in [3.8, 4) is 5.75 Å². The Bertz CT molecular complexity index is 853. The van der Waals surface area contributed by atoms with Crippen molar-refractivity contribution in [3.05, 3.63) is 71.0 Å². The molecule has 0 heterocycles. The molecule has 6 heteroatoms. The number of amides is 2. The van der Waals surface area contributed by atoms with Crippen molar-refractivity contribution in [1.29, 1.82) is 0 Å². The molecule has 0 aliphatic rings. The van der Waals surface area contributed by atoms with Gasteiger partial charge in [-0.1, -0.05) is 39.0 Å². The largest absolute Gasteiger partial charge is 0.494 e. The Balaban J connectivity index is 1.91. The number of ether oxygens (including phenoxy) is 1. The van der Waals surface area contributed by atoms with E-state index in [9.17, 15) is 14.0 Å². The number of halogens is 1. The number of benzene rings is 2. The number of hydrazine groups is 1. The first kappa shape index (κ1) is 20.2. The second-order valence-electron chi connectivity index (χ2n) is 7.00. The average Bonchev–Trinajstić information content (AvgIpc) is 2.64. The van der Waals surface area contributed by atoms with Gasteiger partial charge in [0.15, 0.2) is 11.6 Å². The highest BCUT2D eigenvalue weighted by molar-refractivity contribution is 5.97. The van der Waals surface area contributed by atoms with Crippen LogP contribution in [0.2, 0.25) is 0 Å². The van der Waals surface area contributed by atoms with Crippen LogP contribution in [0.15, 0.2) is 48.5 Å². The van der Waals surface area contributed by atoms with E-state index in [0.717, 1.165) is 5.56 Å². The highest BCUT2D eigenvalue weighted by Gasteiger charge is 2.14. The third kappa shape index (κ3) is 5.67. The molecule has 0 saturated heterocycles. The first-order valence-electron chi connectivity index (χ1n) is 8.43. The maximum atomic E-state index is 13.6. The molecule has 0 radical (unpaired) electrons. The molecule has 142 valence electrons. The SMILES string of the molecule is COc1ccc(/C=C/C(=O)NNC(=O)c2ccc(C(C)(C)C)cc2)cc1F. The summed E-state index contributed by atoms with van der Waals surface area (Å²) in [4.78, 5) is 23.9. The van der Waals surface area contributed by atoms with Gasteiger partial charge in [-0.3, -0.25) is 20.4 Å². The summed E-state index contributed by atoms with van der Waals surface area (Å²) in [7, 11) is 1.38. The van der Waals surface area contributed by atoms with Gasteiger partial charge in [-0.15, -0.1) is 0 Å². The first-order chi connectivity index (χ1) is 12.7. The van der Waals surface area contributed by atoms with E-state index in [1.807, 2.05) is 12.1 Å². The number of nitrogens with one attached hydrogen (secondary N) is 2. The summed E-state index contributed by atoms with van der Waals surface area (Å²) in [6.07, 6.45) is 2.63. The lowest BCUT2D eigenvalue weighted by molar-refractivity contribution is -0.117. The lowest BCUT2D eigenvalue weighted by Gasteiger charge is -2.19. The zero-order valence-electron chi connectivity index (χ0n) is 15.8. The Morgan fingerprint density at radius 3 is 2.26 bits per heavy atom. The van der Waals surface area contributed by atoms with Gasteiger partial charge in [0, 0.05) is 11.6 Å². The topological polar surface area (TPSA) is 67.4 Å². The number of carbonyl (C=O) groups is 2. The molecule has 0 fully saturated rings. The fourth-order valence-corrected chi connectivity index (χ4v) is 2.31. The van der Waals surface area contributed by atoms with Crippen LogP contribution in [0.25, 0.3) is 6.08 Å². The van der Waals surface area contributed by atoms with Crippen molar-refractivity contribution >= 4 is 17.9 Å². The minimum Gasteiger partial charge on any atom is -0.494 e. The standard InChI is InChI=1S/C21H23FN2O3/c1-21(2,3)16-9-7-15(8-10-16)20(26)24-23-19(25)12-6-14-5-11-18(27-4)17(22)13-14/h5-13H,1-4H3,(H,23,25)(H,24,26)/b12-6+. The van der Waals surface area contributed by atoms with Crippen molar-refractivity contribution in [2.24, 2.45) is 0 Å². The molecular weight excluding hydrogens is 347 g/mol. The number of hydrogen-bond acceptors (Lipinski definition) is 3. The summed E-state index contributed by atoms with van der Waals surface area (Å²) >= 11 is 0. The van der Waals surface area contributed by atoms with Gasteiger partial charge in [0.1, 0.15) is 0 Å². The minimum absolute atomic E-state index is 0.00501. The molecule has 0 bridgehead atoms. The third-order valence-corrected chi connectivity index (χ3v) is 3.92. The van der Waals surface area contributed by atoms with E-state index in [-0.39, 0.29) is 11.2 Å². The number of hydrogen-bond donors (Lipinski definition) is 2. The summed E-state index contributed by atoms with van der Waals surface area (Å²) in [5.74, 6) is -1.35. The molecule has 2 aromatic rings. The Morgan fingerprint density at radius 2 is 1.70 bits per heavy atom. The number of methoxy groups -OCH3 is 1. The molecule has 0 aliphatic heterocycles. The smallest absolute Gasteiger partial charge is 0.269 e. The monoisotopic (exact) mass is 370 g/mol. The lowest BCUT2D eigenvalue weighted by Crippen LogP contribution is -2.40. The molecule has 2 rings (SSSR count). The fourth-order valence-electron chi connectivity index (χ4n) is 2.31. The highest BCUT2D eigenvalue weighted by atomic mass is 19.1. The van der Waals surface area contributed by atoms with Gasteiger partial charge < -0.3 is 4.74 Å². The fraction of sp³-hybridized carbons (Fsp3) is 0.238. The van der Waals surface area contributed by atoms with Crippen LogP contribution >= 0.6 is 0 Å². The summed E-state index contributed by atoms with van der Waals surface area (Å²) in [5.41, 5.74) is 6.66. The van der Waals surface area contributed by atoms with E-state index < -0.39 is 17.6 Å². The van der Waals surface area contributed by atoms with E-state index in [0.29, 0.717) is 11.1 Å². The predicted octanol–water partition coefficient (Wildman–Crippen LogP) is 3.61. The zero-order chi connectivity index (χ0) is 20.0. The molecule has 0 spiro atoms. The van der Waals surface area contributed by atoms with Gasteiger partial charge in [0.2, 0.25) is 0 Å². The van der Waals surface area contributed by atoms with E-state index in [1.54, 1.807) is 18.2 Å². The molecule has 0 aromatic heterocycles. The third-order valence-electron chi connectivity index (χ3n) is 3.92. The van der Waals surface area contributed by atoms with Gasteiger partial charge in [-0.05, 0) is 46.9 Å². The number of rotatable bonds is 4. The normalized spacial score (nSPS) is 11.3. The van der Waals surface area contributed by atoms with Crippen LogP contribution in [-0.4, -0.2) is 18.9 Å². The molecule has 2 amide bonds. The summed E-state index contributed by atoms with van der Waals surface area (Å²) in [5, 5.41) is 0. The van der Waals surface area contributed by atoms with Crippen molar-refractivity contribution in [3.63, 3.8) is 0 Å². The molecular formula is C21H23FN2O3. The lowest BCUT2D eigenvalue weighted by atomic mass is 9.87. The summed E-state index contributed by atoms with van der Waals surface area (Å²) < 4.78 is 18.4. The maximum absolute atomic E-state index is 13.6. The Hall–Kier alpha value is -3.15. The van der Waals surface area contributed by atoms with Gasteiger partial charge in [-0.2, -0.15) is 0 Å². The van der Waals surface area contributed by atoms with Crippen LogP contribution in [0.1, 0.15) is 42.3 Å². The van der Waals surface area contributed by atoms with Crippen LogP contribution in [-0.2, 0) is 10.2 Å². The van der Waals surface area contributed by atoms with Crippen LogP contribution < -0.4 is 15.6 Å². The molecule has 2 aromatic carbocycles. The summed E-state index contributed by atoms with van der Waals surface area (Å²) in [6.45, 7) is 6.26. The molecule has 0 unspecified atom stereocenters. The molecule has 2 N–H and O–H groups in total. The van der Waals surface area contributed by atoms with E-state index in [1.165, 1.54) is 31.4 Å². The molecule has 0 atom stereocenters. The van der Waals surface area contributed by atoms with Crippen molar-refractivity contribution < 1.29 is 18.7 Å². The minimum atomic E-state index is -0.536. The summed E-state index contributed by atoms with van der Waals surface area (Å²) in [6, 6.07) is 11.5. The van der Waals surface area contributed by atoms with E-state index in [4.69, 9.17) is 4.74 Å². The van der Waals surface area contributed by atoms with Crippen LogP contribution in [0, 0.1) is 5.82 Å². The quantitative estimate of drug-likeness (QED) is 0.638. The Morgan fingerprint density at radius 1 is 1.04 bits per heavy atom. The Labute approximate surface area is 158 Å². The second-order valence-corrected chi connectivity index (χ2v) is 7.00. The van der Waals surface area contributed by atoms with Gasteiger partial charge >= 0.3 is 0 Å². The molecule has 5 nitrogen and oxygen atoms in total. The van der Waals surface area contributed by atoms with Crippen molar-refractivity contribution in [2.45, 2.75) is 26.2 Å². The molecule has 27 heavy (non-hydrogen) atoms. The van der Waals surface area contributed by atoms with E-state index in [2.05, 4.69) is 31.6 Å².